The number of para-hydroxylation sites is 2. The highest BCUT2D eigenvalue weighted by molar-refractivity contribution is 6.05. The highest BCUT2D eigenvalue weighted by Crippen LogP contribution is 2.24. The Labute approximate surface area is 172 Å². The van der Waals surface area contributed by atoms with Gasteiger partial charge in [-0.15, -0.1) is 0 Å². The molecule has 0 aliphatic heterocycles. The normalized spacial score (nSPS) is 13.3. The first kappa shape index (κ1) is 20.6. The van der Waals surface area contributed by atoms with Crippen LogP contribution in [0, 0.1) is 0 Å². The molecule has 5 heteroatoms. The van der Waals surface area contributed by atoms with E-state index in [0.29, 0.717) is 35.7 Å². The molecule has 2 amide bonds. The van der Waals surface area contributed by atoms with Gasteiger partial charge in [-0.2, -0.15) is 0 Å². The number of rotatable bonds is 8. The van der Waals surface area contributed by atoms with Gasteiger partial charge in [0.15, 0.2) is 0 Å². The Morgan fingerprint density at radius 3 is 2.38 bits per heavy atom. The van der Waals surface area contributed by atoms with Crippen molar-refractivity contribution in [1.29, 1.82) is 0 Å². The summed E-state index contributed by atoms with van der Waals surface area (Å²) in [7, 11) is 0. The van der Waals surface area contributed by atoms with E-state index >= 15 is 0 Å². The number of amides is 2. The summed E-state index contributed by atoms with van der Waals surface area (Å²) < 4.78 is 5.53. The standard InChI is InChI=1S/C24H28N2O3/c1-2-29-22-11-7-6-10-21(22)26-24(28)20-14-12-19(13-15-20)23(27)25-17-16-18-8-4-3-5-9-18/h6-8,10-15H,2-5,9,16-17H2,1H3,(H,25,27)(H,26,28). The molecule has 2 aromatic carbocycles. The van der Waals surface area contributed by atoms with Crippen LogP contribution in [-0.4, -0.2) is 25.0 Å². The van der Waals surface area contributed by atoms with Crippen LogP contribution in [0.3, 0.4) is 0 Å². The fourth-order valence-corrected chi connectivity index (χ4v) is 3.39. The SMILES string of the molecule is CCOc1ccccc1NC(=O)c1ccc(C(=O)NCCC2=CCCCC2)cc1. The first-order valence-electron chi connectivity index (χ1n) is 10.3. The highest BCUT2D eigenvalue weighted by Gasteiger charge is 2.12. The number of ether oxygens (including phenoxy) is 1. The van der Waals surface area contributed by atoms with Gasteiger partial charge in [-0.1, -0.05) is 23.8 Å². The maximum absolute atomic E-state index is 12.5. The Balaban J connectivity index is 1.54. The fourth-order valence-electron chi connectivity index (χ4n) is 3.39. The Morgan fingerprint density at radius 1 is 0.966 bits per heavy atom. The minimum absolute atomic E-state index is 0.116. The molecule has 5 nitrogen and oxygen atoms in total. The Kier molecular flexibility index (Phi) is 7.45. The lowest BCUT2D eigenvalue weighted by Crippen LogP contribution is -2.25. The van der Waals surface area contributed by atoms with Crippen LogP contribution in [0.15, 0.2) is 60.2 Å². The van der Waals surface area contributed by atoms with E-state index < -0.39 is 0 Å². The minimum Gasteiger partial charge on any atom is -0.492 e. The van der Waals surface area contributed by atoms with E-state index in [1.807, 2.05) is 25.1 Å². The lowest BCUT2D eigenvalue weighted by atomic mass is 9.97. The monoisotopic (exact) mass is 392 g/mol. The molecule has 0 fully saturated rings. The Morgan fingerprint density at radius 2 is 1.69 bits per heavy atom. The maximum atomic E-state index is 12.5. The molecule has 2 N–H and O–H groups in total. The molecule has 1 aliphatic rings. The average molecular weight is 392 g/mol. The smallest absolute Gasteiger partial charge is 0.255 e. The van der Waals surface area contributed by atoms with Crippen molar-refractivity contribution >= 4 is 17.5 Å². The Hall–Kier alpha value is -3.08. The molecule has 3 rings (SSSR count). The van der Waals surface area contributed by atoms with Crippen LogP contribution >= 0.6 is 0 Å². The molecule has 0 radical (unpaired) electrons. The molecule has 0 saturated carbocycles. The van der Waals surface area contributed by atoms with Gasteiger partial charge in [-0.05, 0) is 75.4 Å². The number of carbonyl (C=O) groups is 2. The molecule has 0 unspecified atom stereocenters. The molecule has 0 saturated heterocycles. The second kappa shape index (κ2) is 10.5. The lowest BCUT2D eigenvalue weighted by molar-refractivity contribution is 0.0952. The maximum Gasteiger partial charge on any atom is 0.255 e. The van der Waals surface area contributed by atoms with Gasteiger partial charge < -0.3 is 15.4 Å². The minimum atomic E-state index is -0.242. The van der Waals surface area contributed by atoms with Crippen LogP contribution in [0.25, 0.3) is 0 Å². The number of nitrogens with one attached hydrogen (secondary N) is 2. The number of carbonyl (C=O) groups excluding carboxylic acids is 2. The van der Waals surface area contributed by atoms with Crippen LogP contribution in [-0.2, 0) is 0 Å². The molecule has 0 bridgehead atoms. The lowest BCUT2D eigenvalue weighted by Gasteiger charge is -2.13. The average Bonchev–Trinajstić information content (AvgIpc) is 2.76. The number of hydrogen-bond acceptors (Lipinski definition) is 3. The third-order valence-electron chi connectivity index (χ3n) is 4.96. The Bertz CT molecular complexity index is 872. The molecule has 1 aliphatic carbocycles. The summed E-state index contributed by atoms with van der Waals surface area (Å²) in [6.07, 6.45) is 8.03. The van der Waals surface area contributed by atoms with E-state index in [4.69, 9.17) is 4.74 Å². The summed E-state index contributed by atoms with van der Waals surface area (Å²) in [4.78, 5) is 24.9. The summed E-state index contributed by atoms with van der Waals surface area (Å²) in [5.74, 6) is 0.274. The summed E-state index contributed by atoms with van der Waals surface area (Å²) in [6.45, 7) is 3.06. The van der Waals surface area contributed by atoms with E-state index in [1.165, 1.54) is 18.4 Å². The van der Waals surface area contributed by atoms with Crippen molar-refractivity contribution in [3.8, 4) is 5.75 Å². The van der Waals surface area contributed by atoms with E-state index in [9.17, 15) is 9.59 Å². The zero-order valence-electron chi connectivity index (χ0n) is 16.9. The quantitative estimate of drug-likeness (QED) is 0.624. The van der Waals surface area contributed by atoms with Gasteiger partial charge in [0.25, 0.3) is 11.8 Å². The van der Waals surface area contributed by atoms with Crippen molar-refractivity contribution < 1.29 is 14.3 Å². The first-order valence-corrected chi connectivity index (χ1v) is 10.3. The highest BCUT2D eigenvalue weighted by atomic mass is 16.5. The van der Waals surface area contributed by atoms with Gasteiger partial charge in [-0.3, -0.25) is 9.59 Å². The zero-order chi connectivity index (χ0) is 20.5. The van der Waals surface area contributed by atoms with Gasteiger partial charge in [0, 0.05) is 17.7 Å². The molecule has 0 heterocycles. The molecular weight excluding hydrogens is 364 g/mol. The number of benzene rings is 2. The molecule has 0 aromatic heterocycles. The molecule has 2 aromatic rings. The fraction of sp³-hybridized carbons (Fsp3) is 0.333. The third-order valence-corrected chi connectivity index (χ3v) is 4.96. The van der Waals surface area contributed by atoms with E-state index in [1.54, 1.807) is 30.3 Å². The van der Waals surface area contributed by atoms with Crippen molar-refractivity contribution in [2.24, 2.45) is 0 Å². The second-order valence-corrected chi connectivity index (χ2v) is 7.07. The molecule has 0 spiro atoms. The van der Waals surface area contributed by atoms with E-state index in [0.717, 1.165) is 19.3 Å². The van der Waals surface area contributed by atoms with Crippen molar-refractivity contribution in [1.82, 2.24) is 5.32 Å². The number of anilines is 1. The molecule has 152 valence electrons. The molecular formula is C24H28N2O3. The summed E-state index contributed by atoms with van der Waals surface area (Å²) >= 11 is 0. The van der Waals surface area contributed by atoms with Crippen LogP contribution in [0.1, 0.15) is 59.7 Å². The summed E-state index contributed by atoms with van der Waals surface area (Å²) in [6, 6.07) is 14.0. The molecule has 0 atom stereocenters. The van der Waals surface area contributed by atoms with Crippen molar-refractivity contribution in [2.75, 3.05) is 18.5 Å². The van der Waals surface area contributed by atoms with Gasteiger partial charge in [0.05, 0.1) is 12.3 Å². The van der Waals surface area contributed by atoms with E-state index in [2.05, 4.69) is 16.7 Å². The second-order valence-electron chi connectivity index (χ2n) is 7.07. The van der Waals surface area contributed by atoms with Crippen molar-refractivity contribution in [3.63, 3.8) is 0 Å². The van der Waals surface area contributed by atoms with E-state index in [-0.39, 0.29) is 11.8 Å². The van der Waals surface area contributed by atoms with Crippen molar-refractivity contribution in [2.45, 2.75) is 39.0 Å². The zero-order valence-corrected chi connectivity index (χ0v) is 16.9. The largest absolute Gasteiger partial charge is 0.492 e. The van der Waals surface area contributed by atoms with Gasteiger partial charge >= 0.3 is 0 Å². The first-order chi connectivity index (χ1) is 14.2. The summed E-state index contributed by atoms with van der Waals surface area (Å²) in [5.41, 5.74) is 3.10. The molecule has 29 heavy (non-hydrogen) atoms. The van der Waals surface area contributed by atoms with Crippen LogP contribution < -0.4 is 15.4 Å². The van der Waals surface area contributed by atoms with Gasteiger partial charge in [0.2, 0.25) is 0 Å². The number of hydrogen-bond donors (Lipinski definition) is 2. The van der Waals surface area contributed by atoms with Crippen LogP contribution in [0.2, 0.25) is 0 Å². The predicted octanol–water partition coefficient (Wildman–Crippen LogP) is 4.96. The van der Waals surface area contributed by atoms with Gasteiger partial charge in [-0.25, -0.2) is 0 Å². The van der Waals surface area contributed by atoms with Gasteiger partial charge in [0.1, 0.15) is 5.75 Å². The summed E-state index contributed by atoms with van der Waals surface area (Å²) in [5, 5.41) is 5.82. The topological polar surface area (TPSA) is 67.4 Å². The predicted molar refractivity (Wildman–Crippen MR) is 116 cm³/mol. The number of allylic oxidation sites excluding steroid dienone is 1. The third kappa shape index (κ3) is 5.95. The van der Waals surface area contributed by atoms with Crippen LogP contribution in [0.4, 0.5) is 5.69 Å². The van der Waals surface area contributed by atoms with Crippen molar-refractivity contribution in [3.05, 3.63) is 71.3 Å². The van der Waals surface area contributed by atoms with Crippen LogP contribution in [0.5, 0.6) is 5.75 Å².